The predicted molar refractivity (Wildman–Crippen MR) is 107 cm³/mol. The number of aromatic amines is 1. The summed E-state index contributed by atoms with van der Waals surface area (Å²) < 4.78 is 0. The van der Waals surface area contributed by atoms with Crippen LogP contribution < -0.4 is 5.32 Å². The molecular formula is C22H23N3O2. The van der Waals surface area contributed by atoms with Crippen LogP contribution >= 0.6 is 0 Å². The number of carbonyl (C=O) groups excluding carboxylic acids is 1. The lowest BCUT2D eigenvalue weighted by atomic mass is 9.92. The third-order valence-corrected chi connectivity index (χ3v) is 5.43. The van der Waals surface area contributed by atoms with Crippen LogP contribution in [-0.4, -0.2) is 33.4 Å². The maximum absolute atomic E-state index is 13.0. The van der Waals surface area contributed by atoms with Crippen molar-refractivity contribution in [2.45, 2.75) is 32.2 Å². The maximum atomic E-state index is 13.0. The number of H-pyrrole nitrogens is 1. The second-order valence-corrected chi connectivity index (χ2v) is 7.29. The van der Waals surface area contributed by atoms with E-state index in [2.05, 4.69) is 15.5 Å². The van der Waals surface area contributed by atoms with E-state index in [1.807, 2.05) is 62.4 Å². The lowest BCUT2D eigenvalue weighted by Gasteiger charge is -2.28. The predicted octanol–water partition coefficient (Wildman–Crippen LogP) is 3.66. The molecule has 1 amide bonds. The molecule has 5 heteroatoms. The number of benzene rings is 2. The largest absolute Gasteiger partial charge is 0.394 e. The number of hydrogen-bond donors (Lipinski definition) is 3. The summed E-state index contributed by atoms with van der Waals surface area (Å²) in [5.74, 6) is -0.156. The van der Waals surface area contributed by atoms with Crippen molar-refractivity contribution in [2.24, 2.45) is 0 Å². The minimum absolute atomic E-state index is 0.0742. The number of carbonyl (C=O) groups is 1. The van der Waals surface area contributed by atoms with Gasteiger partial charge in [-0.15, -0.1) is 0 Å². The summed E-state index contributed by atoms with van der Waals surface area (Å²) in [7, 11) is 0. The fraction of sp³-hybridized carbons (Fsp3) is 0.273. The van der Waals surface area contributed by atoms with Gasteiger partial charge in [0.2, 0.25) is 0 Å². The van der Waals surface area contributed by atoms with Crippen molar-refractivity contribution in [3.05, 3.63) is 65.5 Å². The summed E-state index contributed by atoms with van der Waals surface area (Å²) in [5, 5.41) is 22.1. The Morgan fingerprint density at radius 1 is 1.15 bits per heavy atom. The standard InChI is InChI=1S/C22H23N3O2/c1-14-20(15(2)25-24-14)18-9-10-19(17-8-4-3-7-16(17)18)21(27)23-22(13-26)11-5-6-12-22/h3-10,26H,11-13H2,1-2H3,(H,23,27)(H,24,25). The normalized spacial score (nSPS) is 15.4. The highest BCUT2D eigenvalue weighted by Crippen LogP contribution is 2.34. The van der Waals surface area contributed by atoms with Gasteiger partial charge in [-0.25, -0.2) is 0 Å². The molecule has 138 valence electrons. The monoisotopic (exact) mass is 361 g/mol. The minimum atomic E-state index is -0.589. The van der Waals surface area contributed by atoms with Crippen LogP contribution in [-0.2, 0) is 0 Å². The first kappa shape index (κ1) is 17.5. The fourth-order valence-electron chi connectivity index (χ4n) is 3.94. The number of nitrogens with zero attached hydrogens (tertiary/aromatic N) is 1. The van der Waals surface area contributed by atoms with Crippen LogP contribution in [0.25, 0.3) is 21.9 Å². The maximum Gasteiger partial charge on any atom is 0.252 e. The van der Waals surface area contributed by atoms with E-state index < -0.39 is 5.54 Å². The Kier molecular flexibility index (Phi) is 4.32. The molecule has 3 N–H and O–H groups in total. The van der Waals surface area contributed by atoms with Crippen molar-refractivity contribution in [1.82, 2.24) is 15.5 Å². The fourth-order valence-corrected chi connectivity index (χ4v) is 3.94. The summed E-state index contributed by atoms with van der Waals surface area (Å²) in [5.41, 5.74) is 4.11. The molecule has 0 saturated heterocycles. The number of aliphatic hydroxyl groups is 1. The molecule has 0 bridgehead atoms. The van der Waals surface area contributed by atoms with Gasteiger partial charge in [0.1, 0.15) is 0 Å². The van der Waals surface area contributed by atoms with Gasteiger partial charge in [0.15, 0.2) is 0 Å². The summed E-state index contributed by atoms with van der Waals surface area (Å²) >= 11 is 0. The Labute approximate surface area is 158 Å². The highest BCUT2D eigenvalue weighted by atomic mass is 16.3. The van der Waals surface area contributed by atoms with Gasteiger partial charge in [-0.3, -0.25) is 9.89 Å². The first-order valence-electron chi connectivity index (χ1n) is 9.17. The van der Waals surface area contributed by atoms with Crippen LogP contribution in [0.15, 0.2) is 48.6 Å². The SMILES string of the molecule is Cc1n[nH]c(C)c1-c1ccc(C(=O)NC2(CO)CC=CC2)c2ccccc12. The molecule has 4 rings (SSSR count). The van der Waals surface area contributed by atoms with E-state index in [-0.39, 0.29) is 12.5 Å². The molecule has 27 heavy (non-hydrogen) atoms. The molecule has 0 aliphatic heterocycles. The lowest BCUT2D eigenvalue weighted by molar-refractivity contribution is 0.0847. The summed E-state index contributed by atoms with van der Waals surface area (Å²) in [6.07, 6.45) is 5.31. The van der Waals surface area contributed by atoms with Crippen molar-refractivity contribution in [1.29, 1.82) is 0 Å². The second-order valence-electron chi connectivity index (χ2n) is 7.29. The number of rotatable bonds is 4. The van der Waals surface area contributed by atoms with E-state index in [0.717, 1.165) is 33.3 Å². The molecular weight excluding hydrogens is 338 g/mol. The molecule has 3 aromatic rings. The van der Waals surface area contributed by atoms with Crippen LogP contribution in [0.3, 0.4) is 0 Å². The number of aliphatic hydroxyl groups excluding tert-OH is 1. The zero-order valence-corrected chi connectivity index (χ0v) is 15.5. The molecule has 1 aliphatic rings. The van der Waals surface area contributed by atoms with Crippen LogP contribution in [0.2, 0.25) is 0 Å². The van der Waals surface area contributed by atoms with Gasteiger partial charge in [0.05, 0.1) is 17.8 Å². The number of fused-ring (bicyclic) bond motifs is 1. The molecule has 0 unspecified atom stereocenters. The third kappa shape index (κ3) is 2.94. The molecule has 5 nitrogen and oxygen atoms in total. The van der Waals surface area contributed by atoms with E-state index in [1.165, 1.54) is 0 Å². The first-order valence-corrected chi connectivity index (χ1v) is 9.17. The number of aryl methyl sites for hydroxylation is 2. The van der Waals surface area contributed by atoms with E-state index in [0.29, 0.717) is 18.4 Å². The highest BCUT2D eigenvalue weighted by molar-refractivity contribution is 6.11. The van der Waals surface area contributed by atoms with Crippen LogP contribution in [0.1, 0.15) is 34.6 Å². The molecule has 1 aromatic heterocycles. The average molecular weight is 361 g/mol. The van der Waals surface area contributed by atoms with Gasteiger partial charge in [-0.05, 0) is 49.1 Å². The van der Waals surface area contributed by atoms with Gasteiger partial charge in [-0.1, -0.05) is 42.5 Å². The zero-order chi connectivity index (χ0) is 19.0. The molecule has 0 fully saturated rings. The Bertz CT molecular complexity index is 1020. The van der Waals surface area contributed by atoms with E-state index in [9.17, 15) is 9.90 Å². The van der Waals surface area contributed by atoms with Gasteiger partial charge in [-0.2, -0.15) is 5.10 Å². The highest BCUT2D eigenvalue weighted by Gasteiger charge is 2.32. The Morgan fingerprint density at radius 2 is 1.85 bits per heavy atom. The van der Waals surface area contributed by atoms with Crippen molar-refractivity contribution in [3.8, 4) is 11.1 Å². The number of nitrogens with one attached hydrogen (secondary N) is 2. The number of amides is 1. The quantitative estimate of drug-likeness (QED) is 0.621. The van der Waals surface area contributed by atoms with Crippen LogP contribution in [0.5, 0.6) is 0 Å². The molecule has 1 heterocycles. The van der Waals surface area contributed by atoms with Crippen LogP contribution in [0, 0.1) is 13.8 Å². The number of aromatic nitrogens is 2. The molecule has 0 atom stereocenters. The van der Waals surface area contributed by atoms with E-state index in [4.69, 9.17) is 0 Å². The average Bonchev–Trinajstić information content (AvgIpc) is 3.28. The summed E-state index contributed by atoms with van der Waals surface area (Å²) in [6, 6.07) is 11.8. The van der Waals surface area contributed by atoms with E-state index >= 15 is 0 Å². The molecule has 1 aliphatic carbocycles. The topological polar surface area (TPSA) is 78.0 Å². The first-order chi connectivity index (χ1) is 13.0. The van der Waals surface area contributed by atoms with Gasteiger partial charge >= 0.3 is 0 Å². The molecule has 0 saturated carbocycles. The Balaban J connectivity index is 1.80. The summed E-state index contributed by atoms with van der Waals surface area (Å²) in [4.78, 5) is 13.0. The van der Waals surface area contributed by atoms with Gasteiger partial charge in [0.25, 0.3) is 5.91 Å². The van der Waals surface area contributed by atoms with E-state index in [1.54, 1.807) is 0 Å². The zero-order valence-electron chi connectivity index (χ0n) is 15.5. The number of hydrogen-bond acceptors (Lipinski definition) is 3. The van der Waals surface area contributed by atoms with Crippen molar-refractivity contribution >= 4 is 16.7 Å². The van der Waals surface area contributed by atoms with Crippen LogP contribution in [0.4, 0.5) is 0 Å². The van der Waals surface area contributed by atoms with Crippen molar-refractivity contribution in [2.75, 3.05) is 6.61 Å². The molecule has 0 spiro atoms. The summed E-state index contributed by atoms with van der Waals surface area (Å²) in [6.45, 7) is 3.91. The second kappa shape index (κ2) is 6.67. The smallest absolute Gasteiger partial charge is 0.252 e. The minimum Gasteiger partial charge on any atom is -0.394 e. The Hall–Kier alpha value is -2.92. The Morgan fingerprint density at radius 3 is 2.48 bits per heavy atom. The molecule has 0 radical (unpaired) electrons. The lowest BCUT2D eigenvalue weighted by Crippen LogP contribution is -2.49. The van der Waals surface area contributed by atoms with Gasteiger partial charge < -0.3 is 10.4 Å². The van der Waals surface area contributed by atoms with Crippen molar-refractivity contribution < 1.29 is 9.90 Å². The molecule has 2 aromatic carbocycles. The van der Waals surface area contributed by atoms with Crippen molar-refractivity contribution in [3.63, 3.8) is 0 Å². The van der Waals surface area contributed by atoms with Gasteiger partial charge in [0, 0.05) is 16.8 Å². The third-order valence-electron chi connectivity index (χ3n) is 5.43.